The van der Waals surface area contributed by atoms with Crippen molar-refractivity contribution >= 4 is 17.5 Å². The first-order valence-electron chi connectivity index (χ1n) is 9.28. The van der Waals surface area contributed by atoms with Crippen LogP contribution in [0.25, 0.3) is 0 Å². The molecule has 0 fully saturated rings. The van der Waals surface area contributed by atoms with Crippen LogP contribution in [0.2, 0.25) is 0 Å². The van der Waals surface area contributed by atoms with Gasteiger partial charge in [-0.2, -0.15) is 0 Å². The van der Waals surface area contributed by atoms with Crippen LogP contribution < -0.4 is 15.4 Å². The van der Waals surface area contributed by atoms with Crippen LogP contribution in [0.15, 0.2) is 61.2 Å². The number of para-hydroxylation sites is 1. The number of hydrogen-bond acceptors (Lipinski definition) is 3. The predicted octanol–water partition coefficient (Wildman–Crippen LogP) is 4.31. The summed E-state index contributed by atoms with van der Waals surface area (Å²) in [5.74, 6) is 0.0127. The highest BCUT2D eigenvalue weighted by Crippen LogP contribution is 2.25. The summed E-state index contributed by atoms with van der Waals surface area (Å²) in [5.41, 5.74) is 2.07. The minimum Gasteiger partial charge on any atom is -0.481 e. The second kappa shape index (κ2) is 9.22. The van der Waals surface area contributed by atoms with Crippen molar-refractivity contribution in [2.75, 3.05) is 11.9 Å². The van der Waals surface area contributed by atoms with Gasteiger partial charge < -0.3 is 15.4 Å². The number of carbonyl (C=O) groups excluding carboxylic acids is 2. The molecule has 0 aromatic heterocycles. The van der Waals surface area contributed by atoms with E-state index in [0.29, 0.717) is 23.5 Å². The van der Waals surface area contributed by atoms with Gasteiger partial charge in [-0.25, -0.2) is 0 Å². The van der Waals surface area contributed by atoms with Crippen molar-refractivity contribution in [1.29, 1.82) is 0 Å². The SMILES string of the molecule is C=CCNC(=O)c1ccccc1NC(=O)C(C)Oc1ccc(C(C)(C)C)cc1. The Bertz CT molecular complexity index is 836. The van der Waals surface area contributed by atoms with Crippen LogP contribution >= 0.6 is 0 Å². The Labute approximate surface area is 166 Å². The van der Waals surface area contributed by atoms with Gasteiger partial charge in [0.2, 0.25) is 0 Å². The number of amides is 2. The third kappa shape index (κ3) is 5.71. The number of ether oxygens (including phenoxy) is 1. The molecule has 0 heterocycles. The van der Waals surface area contributed by atoms with Crippen LogP contribution in [0.3, 0.4) is 0 Å². The van der Waals surface area contributed by atoms with E-state index < -0.39 is 6.10 Å². The normalized spacial score (nSPS) is 12.0. The molecule has 2 aromatic rings. The van der Waals surface area contributed by atoms with Crippen LogP contribution in [-0.4, -0.2) is 24.5 Å². The predicted molar refractivity (Wildman–Crippen MR) is 113 cm³/mol. The van der Waals surface area contributed by atoms with Crippen LogP contribution in [-0.2, 0) is 10.2 Å². The average Bonchev–Trinajstić information content (AvgIpc) is 2.66. The van der Waals surface area contributed by atoms with Gasteiger partial charge in [-0.15, -0.1) is 6.58 Å². The molecule has 2 N–H and O–H groups in total. The van der Waals surface area contributed by atoms with Gasteiger partial charge in [0.1, 0.15) is 5.75 Å². The smallest absolute Gasteiger partial charge is 0.265 e. The highest BCUT2D eigenvalue weighted by Gasteiger charge is 2.19. The van der Waals surface area contributed by atoms with Gasteiger partial charge in [0.25, 0.3) is 11.8 Å². The van der Waals surface area contributed by atoms with E-state index in [0.717, 1.165) is 0 Å². The summed E-state index contributed by atoms with van der Waals surface area (Å²) in [6, 6.07) is 14.6. The molecular formula is C23H28N2O3. The van der Waals surface area contributed by atoms with E-state index in [2.05, 4.69) is 38.0 Å². The summed E-state index contributed by atoms with van der Waals surface area (Å²) in [5, 5.41) is 5.48. The average molecular weight is 380 g/mol. The second-order valence-electron chi connectivity index (χ2n) is 7.57. The van der Waals surface area contributed by atoms with E-state index in [1.807, 2.05) is 24.3 Å². The molecule has 2 amide bonds. The molecule has 1 unspecified atom stereocenters. The van der Waals surface area contributed by atoms with Crippen LogP contribution in [0.5, 0.6) is 5.75 Å². The molecule has 0 saturated heterocycles. The van der Waals surface area contributed by atoms with Gasteiger partial charge in [0.15, 0.2) is 6.10 Å². The van der Waals surface area contributed by atoms with Crippen LogP contribution in [0.1, 0.15) is 43.6 Å². The van der Waals surface area contributed by atoms with E-state index in [-0.39, 0.29) is 17.2 Å². The lowest BCUT2D eigenvalue weighted by molar-refractivity contribution is -0.122. The molecule has 2 aromatic carbocycles. The Balaban J connectivity index is 2.05. The lowest BCUT2D eigenvalue weighted by atomic mass is 9.87. The molecule has 5 nitrogen and oxygen atoms in total. The fourth-order valence-electron chi connectivity index (χ4n) is 2.58. The molecule has 0 saturated carbocycles. The maximum absolute atomic E-state index is 12.5. The Kier molecular flexibility index (Phi) is 6.99. The maximum Gasteiger partial charge on any atom is 0.265 e. The molecule has 148 valence electrons. The highest BCUT2D eigenvalue weighted by molar-refractivity contribution is 6.04. The molecule has 1 atom stereocenters. The number of nitrogens with one attached hydrogen (secondary N) is 2. The zero-order valence-electron chi connectivity index (χ0n) is 16.9. The summed E-state index contributed by atoms with van der Waals surface area (Å²) >= 11 is 0. The van der Waals surface area contributed by atoms with Crippen molar-refractivity contribution in [3.63, 3.8) is 0 Å². The van der Waals surface area contributed by atoms with E-state index in [9.17, 15) is 9.59 Å². The van der Waals surface area contributed by atoms with Gasteiger partial charge in [-0.3, -0.25) is 9.59 Å². The summed E-state index contributed by atoms with van der Waals surface area (Å²) in [6.45, 7) is 12.0. The third-order valence-corrected chi connectivity index (χ3v) is 4.24. The quantitative estimate of drug-likeness (QED) is 0.704. The van der Waals surface area contributed by atoms with Crippen molar-refractivity contribution in [3.8, 4) is 5.75 Å². The first-order chi connectivity index (χ1) is 13.2. The number of anilines is 1. The highest BCUT2D eigenvalue weighted by atomic mass is 16.5. The molecule has 0 radical (unpaired) electrons. The molecule has 0 aliphatic rings. The Morgan fingerprint density at radius 3 is 2.36 bits per heavy atom. The number of benzene rings is 2. The number of rotatable bonds is 7. The molecule has 28 heavy (non-hydrogen) atoms. The fraction of sp³-hybridized carbons (Fsp3) is 0.304. The minimum atomic E-state index is -0.718. The van der Waals surface area contributed by atoms with Gasteiger partial charge >= 0.3 is 0 Å². The van der Waals surface area contributed by atoms with Gasteiger partial charge in [-0.1, -0.05) is 51.1 Å². The standard InChI is InChI=1S/C23H28N2O3/c1-6-15-24-22(27)19-9-7-8-10-20(19)25-21(26)16(2)28-18-13-11-17(12-14-18)23(3,4)5/h6-14,16H,1,15H2,2-5H3,(H,24,27)(H,25,26). The summed E-state index contributed by atoms with van der Waals surface area (Å²) in [4.78, 5) is 24.8. The zero-order valence-corrected chi connectivity index (χ0v) is 16.9. The van der Waals surface area contributed by atoms with Crippen molar-refractivity contribution in [3.05, 3.63) is 72.3 Å². The summed E-state index contributed by atoms with van der Waals surface area (Å²) in [6.07, 6.45) is 0.879. The Morgan fingerprint density at radius 2 is 1.75 bits per heavy atom. The molecule has 5 heteroatoms. The Morgan fingerprint density at radius 1 is 1.11 bits per heavy atom. The lowest BCUT2D eigenvalue weighted by Gasteiger charge is -2.20. The second-order valence-corrected chi connectivity index (χ2v) is 7.57. The summed E-state index contributed by atoms with van der Waals surface area (Å²) in [7, 11) is 0. The molecule has 0 spiro atoms. The van der Waals surface area contributed by atoms with E-state index >= 15 is 0 Å². The van der Waals surface area contributed by atoms with Gasteiger partial charge in [-0.05, 0) is 42.2 Å². The lowest BCUT2D eigenvalue weighted by Crippen LogP contribution is -2.31. The topological polar surface area (TPSA) is 67.4 Å². The summed E-state index contributed by atoms with van der Waals surface area (Å²) < 4.78 is 5.76. The minimum absolute atomic E-state index is 0.0530. The third-order valence-electron chi connectivity index (χ3n) is 4.24. The molecule has 2 rings (SSSR count). The van der Waals surface area contributed by atoms with Crippen molar-refractivity contribution < 1.29 is 14.3 Å². The van der Waals surface area contributed by atoms with E-state index in [4.69, 9.17) is 4.74 Å². The van der Waals surface area contributed by atoms with Crippen LogP contribution in [0.4, 0.5) is 5.69 Å². The maximum atomic E-state index is 12.5. The van der Waals surface area contributed by atoms with Crippen molar-refractivity contribution in [1.82, 2.24) is 5.32 Å². The van der Waals surface area contributed by atoms with E-state index in [1.54, 1.807) is 37.3 Å². The van der Waals surface area contributed by atoms with Crippen molar-refractivity contribution in [2.45, 2.75) is 39.2 Å². The molecule has 0 bridgehead atoms. The van der Waals surface area contributed by atoms with Gasteiger partial charge in [0.05, 0.1) is 11.3 Å². The Hall–Kier alpha value is -3.08. The monoisotopic (exact) mass is 380 g/mol. The molecular weight excluding hydrogens is 352 g/mol. The fourth-order valence-corrected chi connectivity index (χ4v) is 2.58. The molecule has 0 aliphatic heterocycles. The van der Waals surface area contributed by atoms with Crippen molar-refractivity contribution in [2.24, 2.45) is 0 Å². The number of carbonyl (C=O) groups is 2. The van der Waals surface area contributed by atoms with Crippen LogP contribution in [0, 0.1) is 0 Å². The zero-order chi connectivity index (χ0) is 20.7. The first-order valence-corrected chi connectivity index (χ1v) is 9.28. The van der Waals surface area contributed by atoms with E-state index in [1.165, 1.54) is 5.56 Å². The largest absolute Gasteiger partial charge is 0.481 e. The first kappa shape index (κ1) is 21.2. The number of hydrogen-bond donors (Lipinski definition) is 2. The molecule has 0 aliphatic carbocycles. The van der Waals surface area contributed by atoms with Gasteiger partial charge in [0, 0.05) is 6.54 Å².